The van der Waals surface area contributed by atoms with Gasteiger partial charge in [-0.3, -0.25) is 9.88 Å². The summed E-state index contributed by atoms with van der Waals surface area (Å²) in [5.41, 5.74) is 0.833. The van der Waals surface area contributed by atoms with Crippen molar-refractivity contribution >= 4 is 16.9 Å². The molecule has 0 radical (unpaired) electrons. The SMILES string of the molecule is O=C(NCCOc1cccc2cccnc12)NCCN1CCOCC1. The van der Waals surface area contributed by atoms with E-state index in [0.717, 1.165) is 49.5 Å². The summed E-state index contributed by atoms with van der Waals surface area (Å²) in [6.07, 6.45) is 1.75. The quantitative estimate of drug-likeness (QED) is 0.739. The van der Waals surface area contributed by atoms with Gasteiger partial charge in [0.25, 0.3) is 0 Å². The van der Waals surface area contributed by atoms with E-state index in [-0.39, 0.29) is 6.03 Å². The Bertz CT molecular complexity index is 684. The highest BCUT2D eigenvalue weighted by Gasteiger charge is 2.10. The maximum atomic E-state index is 11.8. The van der Waals surface area contributed by atoms with Crippen LogP contribution in [0.1, 0.15) is 0 Å². The number of hydrogen-bond donors (Lipinski definition) is 2. The predicted molar refractivity (Wildman–Crippen MR) is 95.9 cm³/mol. The fraction of sp³-hybridized carbons (Fsp3) is 0.444. The second kappa shape index (κ2) is 9.19. The van der Waals surface area contributed by atoms with Crippen molar-refractivity contribution in [2.45, 2.75) is 0 Å². The molecule has 3 rings (SSSR count). The number of para-hydroxylation sites is 1. The highest BCUT2D eigenvalue weighted by Crippen LogP contribution is 2.22. The molecule has 0 bridgehead atoms. The summed E-state index contributed by atoms with van der Waals surface area (Å²) in [6, 6.07) is 9.54. The van der Waals surface area contributed by atoms with Gasteiger partial charge in [0, 0.05) is 37.8 Å². The Kier molecular flexibility index (Phi) is 6.42. The summed E-state index contributed by atoms with van der Waals surface area (Å²) in [7, 11) is 0. The minimum absolute atomic E-state index is 0.173. The summed E-state index contributed by atoms with van der Waals surface area (Å²) in [6.45, 7) is 5.69. The van der Waals surface area contributed by atoms with Crippen LogP contribution in [0.2, 0.25) is 0 Å². The van der Waals surface area contributed by atoms with Crippen molar-refractivity contribution in [3.05, 3.63) is 36.5 Å². The van der Waals surface area contributed by atoms with Crippen LogP contribution in [0.15, 0.2) is 36.5 Å². The maximum absolute atomic E-state index is 11.8. The van der Waals surface area contributed by atoms with Gasteiger partial charge in [-0.1, -0.05) is 18.2 Å². The van der Waals surface area contributed by atoms with Gasteiger partial charge in [0.15, 0.2) is 0 Å². The minimum Gasteiger partial charge on any atom is -0.489 e. The molecule has 134 valence electrons. The molecule has 0 saturated carbocycles. The Hall–Kier alpha value is -2.38. The van der Waals surface area contributed by atoms with Crippen molar-refractivity contribution < 1.29 is 14.3 Å². The molecule has 1 aliphatic heterocycles. The first-order chi connectivity index (χ1) is 12.3. The van der Waals surface area contributed by atoms with Gasteiger partial charge in [0.05, 0.1) is 19.8 Å². The Morgan fingerprint density at radius 2 is 1.96 bits per heavy atom. The van der Waals surface area contributed by atoms with E-state index in [4.69, 9.17) is 9.47 Å². The van der Waals surface area contributed by atoms with Crippen LogP contribution in [0.4, 0.5) is 4.79 Å². The molecule has 0 spiro atoms. The van der Waals surface area contributed by atoms with E-state index in [9.17, 15) is 4.79 Å². The Morgan fingerprint density at radius 1 is 1.16 bits per heavy atom. The van der Waals surface area contributed by atoms with Crippen molar-refractivity contribution in [3.8, 4) is 5.75 Å². The van der Waals surface area contributed by atoms with Crippen LogP contribution in [0.5, 0.6) is 5.75 Å². The maximum Gasteiger partial charge on any atom is 0.314 e. The van der Waals surface area contributed by atoms with Gasteiger partial charge >= 0.3 is 6.03 Å². The first-order valence-electron chi connectivity index (χ1n) is 8.61. The molecule has 1 aromatic carbocycles. The molecule has 1 saturated heterocycles. The molecule has 0 unspecified atom stereocenters. The Balaban J connectivity index is 1.33. The van der Waals surface area contributed by atoms with E-state index in [2.05, 4.69) is 20.5 Å². The molecule has 7 nitrogen and oxygen atoms in total. The number of amides is 2. The van der Waals surface area contributed by atoms with Gasteiger partial charge in [-0.05, 0) is 12.1 Å². The predicted octanol–water partition coefficient (Wildman–Crippen LogP) is 1.24. The summed E-state index contributed by atoms with van der Waals surface area (Å²) in [5.74, 6) is 0.729. The van der Waals surface area contributed by atoms with Crippen LogP contribution in [-0.2, 0) is 4.74 Å². The van der Waals surface area contributed by atoms with Crippen molar-refractivity contribution in [1.82, 2.24) is 20.5 Å². The molecule has 2 aromatic rings. The summed E-state index contributed by atoms with van der Waals surface area (Å²) in [5, 5.41) is 6.69. The third-order valence-electron chi connectivity index (χ3n) is 4.06. The molecule has 2 amide bonds. The van der Waals surface area contributed by atoms with Gasteiger partial charge < -0.3 is 20.1 Å². The molecule has 25 heavy (non-hydrogen) atoms. The number of urea groups is 1. The first kappa shape index (κ1) is 17.4. The van der Waals surface area contributed by atoms with Gasteiger partial charge in [0.2, 0.25) is 0 Å². The number of benzene rings is 1. The van der Waals surface area contributed by atoms with Crippen molar-refractivity contribution in [3.63, 3.8) is 0 Å². The van der Waals surface area contributed by atoms with Crippen LogP contribution in [-0.4, -0.2) is 68.5 Å². The topological polar surface area (TPSA) is 75.7 Å². The van der Waals surface area contributed by atoms with Crippen LogP contribution < -0.4 is 15.4 Å². The van der Waals surface area contributed by atoms with Gasteiger partial charge in [-0.2, -0.15) is 0 Å². The highest BCUT2D eigenvalue weighted by molar-refractivity contribution is 5.84. The summed E-state index contributed by atoms with van der Waals surface area (Å²) >= 11 is 0. The van der Waals surface area contributed by atoms with E-state index in [1.807, 2.05) is 30.3 Å². The fourth-order valence-electron chi connectivity index (χ4n) is 2.73. The van der Waals surface area contributed by atoms with Crippen molar-refractivity contribution in [2.75, 3.05) is 52.5 Å². The van der Waals surface area contributed by atoms with E-state index in [1.54, 1.807) is 6.20 Å². The summed E-state index contributed by atoms with van der Waals surface area (Å²) < 4.78 is 11.0. The molecule has 2 N–H and O–H groups in total. The van der Waals surface area contributed by atoms with E-state index < -0.39 is 0 Å². The van der Waals surface area contributed by atoms with E-state index >= 15 is 0 Å². The van der Waals surface area contributed by atoms with Crippen LogP contribution in [0.25, 0.3) is 10.9 Å². The number of nitrogens with one attached hydrogen (secondary N) is 2. The molecule has 1 fully saturated rings. The van der Waals surface area contributed by atoms with Gasteiger partial charge in [-0.25, -0.2) is 4.79 Å². The normalized spacial score (nSPS) is 15.0. The molecule has 2 heterocycles. The number of hydrogen-bond acceptors (Lipinski definition) is 5. The third kappa shape index (κ3) is 5.30. The number of aromatic nitrogens is 1. The standard InChI is InChI=1S/C18H24N4O3/c23-18(20-7-9-22-10-13-24-14-11-22)21-8-12-25-16-5-1-3-15-4-2-6-19-17(15)16/h1-6H,7-14H2,(H2,20,21,23). The molecule has 0 atom stereocenters. The number of rotatable bonds is 7. The lowest BCUT2D eigenvalue weighted by molar-refractivity contribution is 0.0387. The van der Waals surface area contributed by atoms with Crippen LogP contribution in [0.3, 0.4) is 0 Å². The van der Waals surface area contributed by atoms with Crippen molar-refractivity contribution in [2.24, 2.45) is 0 Å². The van der Waals surface area contributed by atoms with Crippen LogP contribution >= 0.6 is 0 Å². The Morgan fingerprint density at radius 3 is 2.84 bits per heavy atom. The largest absolute Gasteiger partial charge is 0.489 e. The number of nitrogens with zero attached hydrogens (tertiary/aromatic N) is 2. The average molecular weight is 344 g/mol. The fourth-order valence-corrected chi connectivity index (χ4v) is 2.73. The molecule has 0 aliphatic carbocycles. The highest BCUT2D eigenvalue weighted by atomic mass is 16.5. The Labute approximate surface area is 147 Å². The smallest absolute Gasteiger partial charge is 0.314 e. The molecular formula is C18H24N4O3. The van der Waals surface area contributed by atoms with E-state index in [1.165, 1.54) is 0 Å². The first-order valence-corrected chi connectivity index (χ1v) is 8.61. The number of carbonyl (C=O) groups is 1. The molecular weight excluding hydrogens is 320 g/mol. The second-order valence-electron chi connectivity index (χ2n) is 5.82. The lowest BCUT2D eigenvalue weighted by Crippen LogP contribution is -2.44. The number of ether oxygens (including phenoxy) is 2. The summed E-state index contributed by atoms with van der Waals surface area (Å²) in [4.78, 5) is 18.4. The molecule has 7 heteroatoms. The lowest BCUT2D eigenvalue weighted by Gasteiger charge is -2.26. The zero-order valence-electron chi connectivity index (χ0n) is 14.2. The number of fused-ring (bicyclic) bond motifs is 1. The number of morpholine rings is 1. The molecule has 1 aliphatic rings. The van der Waals surface area contributed by atoms with E-state index in [0.29, 0.717) is 19.7 Å². The minimum atomic E-state index is -0.173. The van der Waals surface area contributed by atoms with Gasteiger partial charge in [-0.15, -0.1) is 0 Å². The van der Waals surface area contributed by atoms with Crippen molar-refractivity contribution in [1.29, 1.82) is 0 Å². The zero-order valence-corrected chi connectivity index (χ0v) is 14.2. The monoisotopic (exact) mass is 344 g/mol. The van der Waals surface area contributed by atoms with Crippen LogP contribution in [0, 0.1) is 0 Å². The van der Waals surface area contributed by atoms with Gasteiger partial charge in [0.1, 0.15) is 17.9 Å². The molecule has 1 aromatic heterocycles. The second-order valence-corrected chi connectivity index (χ2v) is 5.82. The third-order valence-corrected chi connectivity index (χ3v) is 4.06. The lowest BCUT2D eigenvalue weighted by atomic mass is 10.2. The average Bonchev–Trinajstić information content (AvgIpc) is 2.66. The number of carbonyl (C=O) groups excluding carboxylic acids is 1. The zero-order chi connectivity index (χ0) is 17.3. The number of pyridine rings is 1.